The minimum Gasteiger partial charge on any atom is -0.332 e. The number of nitrogens with zero attached hydrogens (tertiary/aromatic N) is 3. The Morgan fingerprint density at radius 1 is 1.12 bits per heavy atom. The molecule has 0 spiro atoms. The van der Waals surface area contributed by atoms with Crippen LogP contribution in [0.3, 0.4) is 0 Å². The summed E-state index contributed by atoms with van der Waals surface area (Å²) < 4.78 is 1.79. The highest BCUT2D eigenvalue weighted by Crippen LogP contribution is 2.40. The summed E-state index contributed by atoms with van der Waals surface area (Å²) in [5, 5.41) is 10.4. The van der Waals surface area contributed by atoms with Crippen molar-refractivity contribution in [1.29, 1.82) is 0 Å². The van der Waals surface area contributed by atoms with Crippen molar-refractivity contribution < 1.29 is 4.79 Å². The third kappa shape index (κ3) is 3.68. The first-order valence-electron chi connectivity index (χ1n) is 8.40. The Kier molecular flexibility index (Phi) is 4.16. The highest BCUT2D eigenvalue weighted by atomic mass is 16.2. The zero-order valence-corrected chi connectivity index (χ0v) is 13.7. The molecule has 0 atom stereocenters. The Morgan fingerprint density at radius 2 is 1.92 bits per heavy atom. The highest BCUT2D eigenvalue weighted by molar-refractivity contribution is 5.88. The SMILES string of the molecule is O=C(NCc1ccccn1)Nc1cc(C2CC2)nn1-c1ccccc1. The maximum Gasteiger partial charge on any atom is 0.320 e. The number of hydrogen-bond acceptors (Lipinski definition) is 3. The van der Waals surface area contributed by atoms with E-state index < -0.39 is 0 Å². The lowest BCUT2D eigenvalue weighted by atomic mass is 10.3. The molecule has 4 rings (SSSR count). The molecule has 0 saturated heterocycles. The number of rotatable bonds is 5. The molecule has 6 heteroatoms. The Hall–Kier alpha value is -3.15. The molecule has 2 N–H and O–H groups in total. The Bertz CT molecular complexity index is 856. The van der Waals surface area contributed by atoms with Crippen LogP contribution in [0.2, 0.25) is 0 Å². The maximum atomic E-state index is 12.3. The molecule has 2 amide bonds. The van der Waals surface area contributed by atoms with Gasteiger partial charge < -0.3 is 5.32 Å². The Labute approximate surface area is 145 Å². The lowest BCUT2D eigenvalue weighted by molar-refractivity contribution is 0.251. The topological polar surface area (TPSA) is 71.8 Å². The van der Waals surface area contributed by atoms with Crippen LogP contribution in [0.1, 0.15) is 30.1 Å². The fraction of sp³-hybridized carbons (Fsp3) is 0.211. The van der Waals surface area contributed by atoms with E-state index in [4.69, 9.17) is 0 Å². The fourth-order valence-electron chi connectivity index (χ4n) is 2.67. The number of anilines is 1. The Morgan fingerprint density at radius 3 is 2.64 bits per heavy atom. The number of aromatic nitrogens is 3. The number of urea groups is 1. The monoisotopic (exact) mass is 333 g/mol. The Balaban J connectivity index is 1.50. The van der Waals surface area contributed by atoms with E-state index in [9.17, 15) is 4.79 Å². The average molecular weight is 333 g/mol. The van der Waals surface area contributed by atoms with Crippen LogP contribution < -0.4 is 10.6 Å². The van der Waals surface area contributed by atoms with E-state index in [-0.39, 0.29) is 6.03 Å². The maximum absolute atomic E-state index is 12.3. The zero-order valence-electron chi connectivity index (χ0n) is 13.7. The molecule has 1 saturated carbocycles. The molecule has 0 radical (unpaired) electrons. The van der Waals surface area contributed by atoms with Crippen LogP contribution >= 0.6 is 0 Å². The number of para-hydroxylation sites is 1. The van der Waals surface area contributed by atoms with Crippen LogP contribution in [-0.4, -0.2) is 20.8 Å². The normalized spacial score (nSPS) is 13.4. The predicted molar refractivity (Wildman–Crippen MR) is 95.6 cm³/mol. The number of carbonyl (C=O) groups excluding carboxylic acids is 1. The van der Waals surface area contributed by atoms with Gasteiger partial charge in [-0.05, 0) is 37.1 Å². The first kappa shape index (κ1) is 15.4. The second kappa shape index (κ2) is 6.76. The molecule has 0 bridgehead atoms. The van der Waals surface area contributed by atoms with E-state index in [1.807, 2.05) is 54.6 Å². The van der Waals surface area contributed by atoms with Crippen molar-refractivity contribution >= 4 is 11.8 Å². The summed E-state index contributed by atoms with van der Waals surface area (Å²) in [6, 6.07) is 17.1. The van der Waals surface area contributed by atoms with Gasteiger partial charge in [-0.1, -0.05) is 24.3 Å². The van der Waals surface area contributed by atoms with Gasteiger partial charge in [0.2, 0.25) is 0 Å². The summed E-state index contributed by atoms with van der Waals surface area (Å²) in [4.78, 5) is 16.5. The van der Waals surface area contributed by atoms with E-state index in [2.05, 4.69) is 20.7 Å². The molecule has 3 aromatic rings. The van der Waals surface area contributed by atoms with E-state index in [0.29, 0.717) is 18.3 Å². The van der Waals surface area contributed by atoms with Crippen LogP contribution in [-0.2, 0) is 6.54 Å². The van der Waals surface area contributed by atoms with E-state index >= 15 is 0 Å². The molecule has 1 aromatic carbocycles. The number of carbonyl (C=O) groups is 1. The summed E-state index contributed by atoms with van der Waals surface area (Å²) in [5.41, 5.74) is 2.77. The second-order valence-electron chi connectivity index (χ2n) is 6.10. The van der Waals surface area contributed by atoms with Crippen molar-refractivity contribution in [2.45, 2.75) is 25.3 Å². The molecule has 6 nitrogen and oxygen atoms in total. The molecule has 2 aromatic heterocycles. The minimum atomic E-state index is -0.273. The van der Waals surface area contributed by atoms with Gasteiger partial charge in [0.1, 0.15) is 5.82 Å². The van der Waals surface area contributed by atoms with Gasteiger partial charge in [0.25, 0.3) is 0 Å². The zero-order chi connectivity index (χ0) is 17.1. The third-order valence-corrected chi connectivity index (χ3v) is 4.12. The van der Waals surface area contributed by atoms with Gasteiger partial charge in [0.05, 0.1) is 23.6 Å². The highest BCUT2D eigenvalue weighted by Gasteiger charge is 2.27. The van der Waals surface area contributed by atoms with Gasteiger partial charge in [-0.3, -0.25) is 10.3 Å². The van der Waals surface area contributed by atoms with Gasteiger partial charge in [0, 0.05) is 18.2 Å². The molecular formula is C19H19N5O. The predicted octanol–water partition coefficient (Wildman–Crippen LogP) is 3.47. The smallest absolute Gasteiger partial charge is 0.320 e. The van der Waals surface area contributed by atoms with Crippen molar-refractivity contribution in [3.63, 3.8) is 0 Å². The molecule has 1 fully saturated rings. The van der Waals surface area contributed by atoms with Gasteiger partial charge >= 0.3 is 6.03 Å². The standard InChI is InChI=1S/C19H19N5O/c25-19(21-13-15-6-4-5-11-20-15)22-18-12-17(14-9-10-14)23-24(18)16-7-2-1-3-8-16/h1-8,11-12,14H,9-10,13H2,(H2,21,22,25). The molecule has 0 unspecified atom stereocenters. The summed E-state index contributed by atoms with van der Waals surface area (Å²) >= 11 is 0. The number of amides is 2. The molecule has 2 heterocycles. The number of pyridine rings is 1. The van der Waals surface area contributed by atoms with Gasteiger partial charge in [-0.2, -0.15) is 5.10 Å². The van der Waals surface area contributed by atoms with Gasteiger partial charge in [-0.15, -0.1) is 0 Å². The summed E-state index contributed by atoms with van der Waals surface area (Å²) in [6.45, 7) is 0.377. The van der Waals surface area contributed by atoms with Crippen LogP contribution in [0, 0.1) is 0 Å². The van der Waals surface area contributed by atoms with Crippen molar-refractivity contribution in [2.24, 2.45) is 0 Å². The summed E-state index contributed by atoms with van der Waals surface area (Å²) in [5.74, 6) is 1.19. The van der Waals surface area contributed by atoms with Crippen LogP contribution in [0.25, 0.3) is 5.69 Å². The number of nitrogens with one attached hydrogen (secondary N) is 2. The average Bonchev–Trinajstić information content (AvgIpc) is 3.43. The van der Waals surface area contributed by atoms with Crippen LogP contribution in [0.15, 0.2) is 60.8 Å². The molecule has 25 heavy (non-hydrogen) atoms. The summed E-state index contributed by atoms with van der Waals surface area (Å²) in [6.07, 6.45) is 4.04. The molecular weight excluding hydrogens is 314 g/mol. The van der Waals surface area contributed by atoms with Crippen LogP contribution in [0.4, 0.5) is 10.6 Å². The fourth-order valence-corrected chi connectivity index (χ4v) is 2.67. The van der Waals surface area contributed by atoms with Crippen LogP contribution in [0.5, 0.6) is 0 Å². The number of benzene rings is 1. The molecule has 1 aliphatic carbocycles. The van der Waals surface area contributed by atoms with E-state index in [1.54, 1.807) is 10.9 Å². The van der Waals surface area contributed by atoms with Crippen molar-refractivity contribution in [3.8, 4) is 5.69 Å². The lowest BCUT2D eigenvalue weighted by Gasteiger charge is -2.09. The van der Waals surface area contributed by atoms with E-state index in [0.717, 1.165) is 29.9 Å². The van der Waals surface area contributed by atoms with E-state index in [1.165, 1.54) is 0 Å². The molecule has 0 aliphatic heterocycles. The lowest BCUT2D eigenvalue weighted by Crippen LogP contribution is -2.29. The van der Waals surface area contributed by atoms with Gasteiger partial charge in [-0.25, -0.2) is 9.48 Å². The molecule has 126 valence electrons. The quantitative estimate of drug-likeness (QED) is 0.751. The first-order valence-corrected chi connectivity index (χ1v) is 8.40. The van der Waals surface area contributed by atoms with Gasteiger partial charge in [0.15, 0.2) is 0 Å². The molecule has 1 aliphatic rings. The largest absolute Gasteiger partial charge is 0.332 e. The number of hydrogen-bond donors (Lipinski definition) is 2. The van der Waals surface area contributed by atoms with Crippen molar-refractivity contribution in [3.05, 3.63) is 72.2 Å². The van der Waals surface area contributed by atoms with Crippen molar-refractivity contribution in [1.82, 2.24) is 20.1 Å². The first-order chi connectivity index (χ1) is 12.3. The summed E-state index contributed by atoms with van der Waals surface area (Å²) in [7, 11) is 0. The second-order valence-corrected chi connectivity index (χ2v) is 6.10. The third-order valence-electron chi connectivity index (χ3n) is 4.12. The minimum absolute atomic E-state index is 0.273. The van der Waals surface area contributed by atoms with Crippen molar-refractivity contribution in [2.75, 3.05) is 5.32 Å².